The van der Waals surface area contributed by atoms with Gasteiger partial charge >= 0.3 is 5.97 Å². The molecule has 7 nitrogen and oxygen atoms in total. The summed E-state index contributed by atoms with van der Waals surface area (Å²) in [6.07, 6.45) is 1.62. The molecule has 2 amide bonds. The molecule has 2 aromatic carbocycles. The third kappa shape index (κ3) is 3.85. The number of nitrogens with zero attached hydrogens (tertiary/aromatic N) is 2. The Morgan fingerprint density at radius 3 is 2.29 bits per heavy atom. The molecule has 1 aliphatic rings. The molecule has 1 fully saturated rings. The van der Waals surface area contributed by atoms with E-state index in [0.29, 0.717) is 11.4 Å². The number of benzene rings is 2. The molecule has 1 N–H and O–H groups in total. The van der Waals surface area contributed by atoms with Crippen molar-refractivity contribution in [2.24, 2.45) is 0 Å². The highest BCUT2D eigenvalue weighted by Crippen LogP contribution is 2.26. The minimum absolute atomic E-state index is 0.0781. The number of rotatable bonds is 4. The first-order valence-corrected chi connectivity index (χ1v) is 9.75. The lowest BCUT2D eigenvalue weighted by Gasteiger charge is -2.13. The maximum Gasteiger partial charge on any atom is 0.308 e. The largest absolute Gasteiger partial charge is 0.427 e. The summed E-state index contributed by atoms with van der Waals surface area (Å²) < 4.78 is 7.10. The minimum Gasteiger partial charge on any atom is -0.427 e. The highest BCUT2D eigenvalue weighted by Gasteiger charge is 2.34. The standard InChI is InChI=1S/C24H21N3O4/c1-15-13-18(16(2)26(15)19-9-11-21(12-10-19)31-17(3)28)14-22-23(29)25-27(24(22)30)20-7-5-4-6-8-20/h4-14H,1-3H3,(H,25,29). The van der Waals surface area contributed by atoms with E-state index < -0.39 is 11.8 Å². The number of aryl methyl sites for hydroxylation is 1. The minimum atomic E-state index is -0.440. The third-order valence-electron chi connectivity index (χ3n) is 5.03. The first-order chi connectivity index (χ1) is 14.8. The maximum atomic E-state index is 12.8. The molecule has 0 aliphatic carbocycles. The number of carbonyl (C=O) groups is 3. The molecule has 1 aliphatic heterocycles. The molecule has 1 saturated heterocycles. The van der Waals surface area contributed by atoms with Crippen molar-refractivity contribution in [3.05, 3.63) is 83.2 Å². The summed E-state index contributed by atoms with van der Waals surface area (Å²) >= 11 is 0. The summed E-state index contributed by atoms with van der Waals surface area (Å²) in [5.74, 6) is -0.745. The monoisotopic (exact) mass is 415 g/mol. The smallest absolute Gasteiger partial charge is 0.308 e. The van der Waals surface area contributed by atoms with Crippen molar-refractivity contribution >= 4 is 29.5 Å². The summed E-state index contributed by atoms with van der Waals surface area (Å²) in [4.78, 5) is 36.4. The van der Waals surface area contributed by atoms with Gasteiger partial charge in [-0.3, -0.25) is 19.8 Å². The van der Waals surface area contributed by atoms with Crippen molar-refractivity contribution < 1.29 is 19.1 Å². The molecule has 1 aromatic heterocycles. The Hall–Kier alpha value is -4.13. The van der Waals surface area contributed by atoms with E-state index in [0.717, 1.165) is 22.6 Å². The zero-order valence-corrected chi connectivity index (χ0v) is 17.4. The quantitative estimate of drug-likeness (QED) is 0.306. The molecule has 0 bridgehead atoms. The van der Waals surface area contributed by atoms with E-state index in [1.807, 2.05) is 42.7 Å². The van der Waals surface area contributed by atoms with Crippen LogP contribution in [0.5, 0.6) is 5.75 Å². The molecule has 31 heavy (non-hydrogen) atoms. The van der Waals surface area contributed by atoms with Gasteiger partial charge in [-0.25, -0.2) is 5.01 Å². The van der Waals surface area contributed by atoms with E-state index >= 15 is 0 Å². The van der Waals surface area contributed by atoms with Crippen molar-refractivity contribution in [1.29, 1.82) is 0 Å². The first kappa shape index (κ1) is 20.2. The Morgan fingerprint density at radius 2 is 1.65 bits per heavy atom. The van der Waals surface area contributed by atoms with E-state index in [9.17, 15) is 14.4 Å². The van der Waals surface area contributed by atoms with Crippen LogP contribution < -0.4 is 15.2 Å². The Kier molecular flexibility index (Phi) is 5.17. The second kappa shape index (κ2) is 7.95. The van der Waals surface area contributed by atoms with Crippen molar-refractivity contribution in [2.75, 3.05) is 5.01 Å². The molecule has 156 valence electrons. The molecule has 7 heteroatoms. The average molecular weight is 415 g/mol. The van der Waals surface area contributed by atoms with Crippen LogP contribution in [0.1, 0.15) is 23.9 Å². The zero-order chi connectivity index (χ0) is 22.1. The van der Waals surface area contributed by atoms with E-state index in [2.05, 4.69) is 5.43 Å². The molecule has 2 heterocycles. The van der Waals surface area contributed by atoms with E-state index in [1.54, 1.807) is 42.5 Å². The van der Waals surface area contributed by atoms with Crippen LogP contribution in [0, 0.1) is 13.8 Å². The van der Waals surface area contributed by atoms with Crippen LogP contribution in [0.2, 0.25) is 0 Å². The molecule has 4 rings (SSSR count). The van der Waals surface area contributed by atoms with Crippen molar-refractivity contribution in [1.82, 2.24) is 9.99 Å². The van der Waals surface area contributed by atoms with Gasteiger partial charge in [0.2, 0.25) is 0 Å². The molecule has 0 saturated carbocycles. The van der Waals surface area contributed by atoms with Gasteiger partial charge in [0.05, 0.1) is 5.69 Å². The predicted molar refractivity (Wildman–Crippen MR) is 117 cm³/mol. The van der Waals surface area contributed by atoms with Gasteiger partial charge in [-0.1, -0.05) is 18.2 Å². The number of ether oxygens (including phenoxy) is 1. The van der Waals surface area contributed by atoms with Crippen LogP contribution in [-0.2, 0) is 14.4 Å². The summed E-state index contributed by atoms with van der Waals surface area (Å²) in [5, 5.41) is 1.25. The lowest BCUT2D eigenvalue weighted by Crippen LogP contribution is -2.35. The van der Waals surface area contributed by atoms with E-state index in [-0.39, 0.29) is 11.5 Å². The Balaban J connectivity index is 1.66. The Labute approximate surface area is 179 Å². The fraction of sp³-hybridized carbons (Fsp3) is 0.125. The van der Waals surface area contributed by atoms with Gasteiger partial charge < -0.3 is 9.30 Å². The van der Waals surface area contributed by atoms with Crippen molar-refractivity contribution in [2.45, 2.75) is 20.8 Å². The number of hydrogen-bond donors (Lipinski definition) is 1. The molecular weight excluding hydrogens is 394 g/mol. The summed E-state index contributed by atoms with van der Waals surface area (Å²) in [5.41, 5.74) is 6.76. The molecule has 0 spiro atoms. The highest BCUT2D eigenvalue weighted by molar-refractivity contribution is 6.31. The number of hydrazine groups is 1. The van der Waals surface area contributed by atoms with Gasteiger partial charge in [-0.15, -0.1) is 0 Å². The highest BCUT2D eigenvalue weighted by atomic mass is 16.5. The van der Waals surface area contributed by atoms with Crippen LogP contribution in [0.4, 0.5) is 5.69 Å². The van der Waals surface area contributed by atoms with Crippen LogP contribution >= 0.6 is 0 Å². The van der Waals surface area contributed by atoms with Crippen molar-refractivity contribution in [3.8, 4) is 11.4 Å². The van der Waals surface area contributed by atoms with Gasteiger partial charge in [0.25, 0.3) is 11.8 Å². The lowest BCUT2D eigenvalue weighted by atomic mass is 10.1. The molecule has 0 atom stereocenters. The van der Waals surface area contributed by atoms with E-state index in [1.165, 1.54) is 11.9 Å². The van der Waals surface area contributed by atoms with Gasteiger partial charge in [0.15, 0.2) is 0 Å². The van der Waals surface area contributed by atoms with Crippen LogP contribution in [0.3, 0.4) is 0 Å². The number of nitrogens with one attached hydrogen (secondary N) is 1. The third-order valence-corrected chi connectivity index (χ3v) is 5.03. The summed E-state index contributed by atoms with van der Waals surface area (Å²) in [6, 6.07) is 18.0. The topological polar surface area (TPSA) is 80.6 Å². The summed E-state index contributed by atoms with van der Waals surface area (Å²) in [6.45, 7) is 5.22. The molecule has 3 aromatic rings. The second-order valence-corrected chi connectivity index (χ2v) is 7.22. The van der Waals surface area contributed by atoms with Gasteiger partial charge in [0.1, 0.15) is 11.3 Å². The molecular formula is C24H21N3O4. The Bertz CT molecular complexity index is 1210. The number of esters is 1. The van der Waals surface area contributed by atoms with Gasteiger partial charge in [-0.05, 0) is 68.0 Å². The van der Waals surface area contributed by atoms with Crippen LogP contribution in [0.25, 0.3) is 11.8 Å². The molecule has 0 radical (unpaired) electrons. The van der Waals surface area contributed by atoms with Crippen LogP contribution in [0.15, 0.2) is 66.2 Å². The van der Waals surface area contributed by atoms with E-state index in [4.69, 9.17) is 4.74 Å². The van der Waals surface area contributed by atoms with Gasteiger partial charge in [0, 0.05) is 24.0 Å². The number of carbonyl (C=O) groups excluding carboxylic acids is 3. The van der Waals surface area contributed by atoms with Crippen molar-refractivity contribution in [3.63, 3.8) is 0 Å². The molecule has 0 unspecified atom stereocenters. The first-order valence-electron chi connectivity index (χ1n) is 9.75. The SMILES string of the molecule is CC(=O)Oc1ccc(-n2c(C)cc(C=C3C(=O)NN(c4ccccc4)C3=O)c2C)cc1. The fourth-order valence-electron chi connectivity index (χ4n) is 3.63. The maximum absolute atomic E-state index is 12.8. The zero-order valence-electron chi connectivity index (χ0n) is 17.4. The number of anilines is 1. The number of hydrogen-bond acceptors (Lipinski definition) is 4. The number of amides is 2. The number of para-hydroxylation sites is 1. The van der Waals surface area contributed by atoms with Crippen LogP contribution in [-0.4, -0.2) is 22.4 Å². The number of aromatic nitrogens is 1. The van der Waals surface area contributed by atoms with Gasteiger partial charge in [-0.2, -0.15) is 0 Å². The summed E-state index contributed by atoms with van der Waals surface area (Å²) in [7, 11) is 0. The lowest BCUT2D eigenvalue weighted by molar-refractivity contribution is -0.132. The Morgan fingerprint density at radius 1 is 0.968 bits per heavy atom. The fourth-order valence-corrected chi connectivity index (χ4v) is 3.63. The average Bonchev–Trinajstić information content (AvgIpc) is 3.19. The predicted octanol–water partition coefficient (Wildman–Crippen LogP) is 3.48. The normalized spacial score (nSPS) is 14.8. The second-order valence-electron chi connectivity index (χ2n) is 7.22.